The fourth-order valence-corrected chi connectivity index (χ4v) is 3.10. The molecule has 18 heavy (non-hydrogen) atoms. The Kier molecular flexibility index (Phi) is 3.14. The largest absolute Gasteiger partial charge is 0.331 e. The molecule has 0 aliphatic heterocycles. The average Bonchev–Trinajstić information content (AvgIpc) is 2.52. The number of nitrogens with one attached hydrogen (secondary N) is 2. The van der Waals surface area contributed by atoms with E-state index in [1.54, 1.807) is 0 Å². The first-order valence-electron chi connectivity index (χ1n) is 6.40. The van der Waals surface area contributed by atoms with Crippen LogP contribution in [0, 0.1) is 10.2 Å². The molecule has 1 heterocycles. The minimum atomic E-state index is 0.166. The Bertz CT molecular complexity index is 611. The second-order valence-electron chi connectivity index (χ2n) is 6.96. The lowest BCUT2D eigenvalue weighted by Gasteiger charge is -2.33. The molecule has 0 aliphatic rings. The van der Waals surface area contributed by atoms with Gasteiger partial charge in [-0.25, -0.2) is 0 Å². The van der Waals surface area contributed by atoms with Crippen LogP contribution in [0.3, 0.4) is 0 Å². The molecular weight excluding hydrogens is 240 g/mol. The van der Waals surface area contributed by atoms with Gasteiger partial charge in [-0.2, -0.15) is 0 Å². The SMILES string of the molecule is CC(C)(C)CC(C)(C)c1ccc2[nH]c(=S)[nH]c2c1. The monoisotopic (exact) mass is 262 g/mol. The normalized spacial score (nSPS) is 13.2. The molecule has 3 heteroatoms. The molecule has 0 bridgehead atoms. The maximum Gasteiger partial charge on any atom is 0.175 e. The fourth-order valence-electron chi connectivity index (χ4n) is 2.88. The molecule has 2 aromatic rings. The highest BCUT2D eigenvalue weighted by atomic mass is 32.1. The van der Waals surface area contributed by atoms with E-state index in [2.05, 4.69) is 62.8 Å². The van der Waals surface area contributed by atoms with Crippen molar-refractivity contribution >= 4 is 23.3 Å². The number of H-pyrrole nitrogens is 2. The highest BCUT2D eigenvalue weighted by molar-refractivity contribution is 7.71. The van der Waals surface area contributed by atoms with E-state index >= 15 is 0 Å². The maximum atomic E-state index is 5.13. The molecule has 0 atom stereocenters. The van der Waals surface area contributed by atoms with E-state index in [0.717, 1.165) is 17.5 Å². The Morgan fingerprint density at radius 3 is 2.22 bits per heavy atom. The maximum absolute atomic E-state index is 5.13. The summed E-state index contributed by atoms with van der Waals surface area (Å²) in [5.74, 6) is 0. The third-order valence-electron chi connectivity index (χ3n) is 3.27. The summed E-state index contributed by atoms with van der Waals surface area (Å²) in [5.41, 5.74) is 4.02. The zero-order valence-electron chi connectivity index (χ0n) is 11.8. The van der Waals surface area contributed by atoms with Gasteiger partial charge in [-0.1, -0.05) is 40.7 Å². The summed E-state index contributed by atoms with van der Waals surface area (Å²) in [6.07, 6.45) is 1.15. The highest BCUT2D eigenvalue weighted by Gasteiger charge is 2.27. The van der Waals surface area contributed by atoms with Crippen LogP contribution in [0.1, 0.15) is 46.6 Å². The van der Waals surface area contributed by atoms with Crippen LogP contribution in [0.2, 0.25) is 0 Å². The van der Waals surface area contributed by atoms with E-state index in [0.29, 0.717) is 10.2 Å². The number of imidazole rings is 1. The zero-order valence-corrected chi connectivity index (χ0v) is 12.7. The number of fused-ring (bicyclic) bond motifs is 1. The van der Waals surface area contributed by atoms with Gasteiger partial charge in [-0.05, 0) is 47.2 Å². The standard InChI is InChI=1S/C15H22N2S/c1-14(2,3)9-15(4,5)10-6-7-11-12(8-10)17-13(18)16-11/h6-8H,9H2,1-5H3,(H2,16,17,18). The molecule has 0 saturated heterocycles. The van der Waals surface area contributed by atoms with Gasteiger partial charge in [-0.3, -0.25) is 0 Å². The molecule has 1 aromatic heterocycles. The molecule has 2 N–H and O–H groups in total. The number of aromatic amines is 2. The molecule has 98 valence electrons. The lowest BCUT2D eigenvalue weighted by Crippen LogP contribution is -2.24. The van der Waals surface area contributed by atoms with E-state index in [4.69, 9.17) is 12.2 Å². The number of hydrogen-bond acceptors (Lipinski definition) is 1. The molecule has 0 aliphatic carbocycles. The van der Waals surface area contributed by atoms with Crippen molar-refractivity contribution in [3.63, 3.8) is 0 Å². The predicted molar refractivity (Wildman–Crippen MR) is 80.6 cm³/mol. The molecule has 0 amide bonds. The Morgan fingerprint density at radius 2 is 1.61 bits per heavy atom. The highest BCUT2D eigenvalue weighted by Crippen LogP contribution is 2.36. The number of benzene rings is 1. The summed E-state index contributed by atoms with van der Waals surface area (Å²) in [5, 5.41) is 0. The predicted octanol–water partition coefficient (Wildman–Crippen LogP) is 4.94. The van der Waals surface area contributed by atoms with Crippen LogP contribution in [0.15, 0.2) is 18.2 Å². The van der Waals surface area contributed by atoms with Crippen molar-refractivity contribution in [2.75, 3.05) is 0 Å². The molecule has 0 fully saturated rings. The van der Waals surface area contributed by atoms with Crippen LogP contribution in [0.25, 0.3) is 11.0 Å². The van der Waals surface area contributed by atoms with Crippen LogP contribution < -0.4 is 0 Å². The molecule has 0 spiro atoms. The summed E-state index contributed by atoms with van der Waals surface area (Å²) in [7, 11) is 0. The summed E-state index contributed by atoms with van der Waals surface area (Å²) in [6.45, 7) is 11.5. The quantitative estimate of drug-likeness (QED) is 0.738. The summed E-state index contributed by atoms with van der Waals surface area (Å²) < 4.78 is 0.691. The number of rotatable bonds is 2. The molecule has 2 rings (SSSR count). The third-order valence-corrected chi connectivity index (χ3v) is 3.47. The van der Waals surface area contributed by atoms with Gasteiger partial charge >= 0.3 is 0 Å². The summed E-state index contributed by atoms with van der Waals surface area (Å²) >= 11 is 5.13. The van der Waals surface area contributed by atoms with Gasteiger partial charge in [-0.15, -0.1) is 0 Å². The van der Waals surface area contributed by atoms with Gasteiger partial charge < -0.3 is 9.97 Å². The second-order valence-corrected chi connectivity index (χ2v) is 7.37. The topological polar surface area (TPSA) is 31.6 Å². The Hall–Kier alpha value is -1.09. The van der Waals surface area contributed by atoms with Crippen molar-refractivity contribution in [3.05, 3.63) is 28.5 Å². The first-order valence-corrected chi connectivity index (χ1v) is 6.81. The third kappa shape index (κ3) is 2.83. The van der Waals surface area contributed by atoms with Gasteiger partial charge in [0.25, 0.3) is 0 Å². The smallest absolute Gasteiger partial charge is 0.175 e. The fraction of sp³-hybridized carbons (Fsp3) is 0.533. The van der Waals surface area contributed by atoms with Crippen LogP contribution in [0.4, 0.5) is 0 Å². The van der Waals surface area contributed by atoms with Crippen LogP contribution in [-0.4, -0.2) is 9.97 Å². The van der Waals surface area contributed by atoms with Gasteiger partial charge in [0.2, 0.25) is 0 Å². The minimum absolute atomic E-state index is 0.166. The van der Waals surface area contributed by atoms with E-state index in [1.165, 1.54) is 5.56 Å². The average molecular weight is 262 g/mol. The minimum Gasteiger partial charge on any atom is -0.331 e. The molecule has 2 nitrogen and oxygen atoms in total. The molecule has 0 saturated carbocycles. The van der Waals surface area contributed by atoms with E-state index in [1.807, 2.05) is 0 Å². The molecule has 0 unspecified atom stereocenters. The van der Waals surface area contributed by atoms with Crippen LogP contribution in [0.5, 0.6) is 0 Å². The summed E-state index contributed by atoms with van der Waals surface area (Å²) in [4.78, 5) is 6.34. The molecular formula is C15H22N2S. The summed E-state index contributed by atoms with van der Waals surface area (Å²) in [6, 6.07) is 6.53. The van der Waals surface area contributed by atoms with Crippen molar-refractivity contribution in [1.82, 2.24) is 9.97 Å². The Morgan fingerprint density at radius 1 is 1.00 bits per heavy atom. The lowest BCUT2D eigenvalue weighted by molar-refractivity contribution is 0.284. The van der Waals surface area contributed by atoms with Crippen molar-refractivity contribution in [2.24, 2.45) is 5.41 Å². The molecule has 1 aromatic carbocycles. The van der Waals surface area contributed by atoms with Gasteiger partial charge in [0.15, 0.2) is 4.77 Å². The number of aromatic nitrogens is 2. The van der Waals surface area contributed by atoms with E-state index in [-0.39, 0.29) is 5.41 Å². The van der Waals surface area contributed by atoms with Gasteiger partial charge in [0, 0.05) is 0 Å². The van der Waals surface area contributed by atoms with Gasteiger partial charge in [0.1, 0.15) is 0 Å². The Balaban J connectivity index is 2.43. The van der Waals surface area contributed by atoms with E-state index < -0.39 is 0 Å². The Labute approximate surface area is 114 Å². The van der Waals surface area contributed by atoms with Gasteiger partial charge in [0.05, 0.1) is 11.0 Å². The lowest BCUT2D eigenvalue weighted by atomic mass is 9.72. The van der Waals surface area contributed by atoms with Crippen molar-refractivity contribution < 1.29 is 0 Å². The van der Waals surface area contributed by atoms with Crippen LogP contribution >= 0.6 is 12.2 Å². The van der Waals surface area contributed by atoms with E-state index in [9.17, 15) is 0 Å². The first-order chi connectivity index (χ1) is 8.17. The second kappa shape index (κ2) is 4.23. The molecule has 0 radical (unpaired) electrons. The first kappa shape index (κ1) is 13.3. The van der Waals surface area contributed by atoms with Crippen LogP contribution in [-0.2, 0) is 5.41 Å². The zero-order chi connectivity index (χ0) is 13.6. The number of hydrogen-bond donors (Lipinski definition) is 2. The van der Waals surface area contributed by atoms with Crippen molar-refractivity contribution in [1.29, 1.82) is 0 Å². The van der Waals surface area contributed by atoms with Crippen molar-refractivity contribution in [2.45, 2.75) is 46.5 Å². The van der Waals surface area contributed by atoms with Crippen molar-refractivity contribution in [3.8, 4) is 0 Å².